The van der Waals surface area contributed by atoms with Crippen molar-refractivity contribution in [2.75, 3.05) is 26.1 Å². The molecule has 0 saturated heterocycles. The van der Waals surface area contributed by atoms with E-state index in [1.165, 1.54) is 26.4 Å². The Bertz CT molecular complexity index is 1210. The minimum atomic E-state index is -3.94. The topological polar surface area (TPSA) is 84.9 Å². The number of nitrogens with zero attached hydrogens (tertiary/aromatic N) is 1. The SMILES string of the molecule is COc1ccc(NC(=O)CN(Cc2ccc(C)cc2)S(=O)(=O)c2ccc(Br)cc2)c(OC)c1. The third-order valence-corrected chi connectivity index (χ3v) is 7.27. The Morgan fingerprint density at radius 3 is 2.24 bits per heavy atom. The van der Waals surface area contributed by atoms with Crippen molar-refractivity contribution in [2.45, 2.75) is 18.4 Å². The molecule has 0 aliphatic heterocycles. The van der Waals surface area contributed by atoms with E-state index >= 15 is 0 Å². The zero-order chi connectivity index (χ0) is 24.0. The van der Waals surface area contributed by atoms with Gasteiger partial charge in [0.2, 0.25) is 15.9 Å². The number of anilines is 1. The molecule has 1 N–H and O–H groups in total. The summed E-state index contributed by atoms with van der Waals surface area (Å²) in [6.07, 6.45) is 0. The van der Waals surface area contributed by atoms with Crippen LogP contribution in [0.25, 0.3) is 0 Å². The van der Waals surface area contributed by atoms with Crippen LogP contribution in [-0.4, -0.2) is 39.4 Å². The Hall–Kier alpha value is -2.88. The number of benzene rings is 3. The number of amides is 1. The van der Waals surface area contributed by atoms with Gasteiger partial charge in [0.05, 0.1) is 31.3 Å². The first kappa shape index (κ1) is 24.8. The summed E-state index contributed by atoms with van der Waals surface area (Å²) in [6, 6.07) is 18.8. The average Bonchev–Trinajstić information content (AvgIpc) is 2.80. The minimum absolute atomic E-state index is 0.0475. The van der Waals surface area contributed by atoms with Gasteiger partial charge < -0.3 is 14.8 Å². The molecule has 0 saturated carbocycles. The molecule has 0 heterocycles. The lowest BCUT2D eigenvalue weighted by atomic mass is 10.1. The van der Waals surface area contributed by atoms with Crippen LogP contribution in [-0.2, 0) is 21.4 Å². The third-order valence-electron chi connectivity index (χ3n) is 4.93. The predicted molar refractivity (Wildman–Crippen MR) is 131 cm³/mol. The summed E-state index contributed by atoms with van der Waals surface area (Å²) in [4.78, 5) is 13.0. The molecule has 0 aliphatic rings. The van der Waals surface area contributed by atoms with Gasteiger partial charge in [-0.1, -0.05) is 45.8 Å². The van der Waals surface area contributed by atoms with E-state index in [0.717, 1.165) is 19.9 Å². The highest BCUT2D eigenvalue weighted by Crippen LogP contribution is 2.29. The predicted octanol–water partition coefficient (Wildman–Crippen LogP) is 4.60. The van der Waals surface area contributed by atoms with E-state index < -0.39 is 15.9 Å². The van der Waals surface area contributed by atoms with Crippen molar-refractivity contribution < 1.29 is 22.7 Å². The number of rotatable bonds is 9. The van der Waals surface area contributed by atoms with Gasteiger partial charge in [-0.25, -0.2) is 8.42 Å². The van der Waals surface area contributed by atoms with Crippen LogP contribution in [0.4, 0.5) is 5.69 Å². The first-order valence-corrected chi connectivity index (χ1v) is 12.3. The van der Waals surface area contributed by atoms with Crippen molar-refractivity contribution in [3.63, 3.8) is 0 Å². The monoisotopic (exact) mass is 532 g/mol. The molecule has 7 nitrogen and oxygen atoms in total. The second kappa shape index (κ2) is 10.8. The second-order valence-electron chi connectivity index (χ2n) is 7.33. The molecule has 1 amide bonds. The van der Waals surface area contributed by atoms with E-state index in [4.69, 9.17) is 9.47 Å². The fourth-order valence-electron chi connectivity index (χ4n) is 3.13. The fourth-order valence-corrected chi connectivity index (χ4v) is 4.78. The zero-order valence-electron chi connectivity index (χ0n) is 18.5. The fraction of sp³-hybridized carbons (Fsp3) is 0.208. The zero-order valence-corrected chi connectivity index (χ0v) is 20.9. The van der Waals surface area contributed by atoms with Gasteiger partial charge in [0.15, 0.2) is 0 Å². The third kappa shape index (κ3) is 6.34. The molecule has 0 spiro atoms. The highest BCUT2D eigenvalue weighted by atomic mass is 79.9. The first-order valence-electron chi connectivity index (χ1n) is 10.1. The number of carbonyl (C=O) groups excluding carboxylic acids is 1. The maximum atomic E-state index is 13.4. The van der Waals surface area contributed by atoms with Gasteiger partial charge >= 0.3 is 0 Å². The smallest absolute Gasteiger partial charge is 0.243 e. The van der Waals surface area contributed by atoms with Crippen LogP contribution in [0.3, 0.4) is 0 Å². The maximum Gasteiger partial charge on any atom is 0.243 e. The molecule has 0 radical (unpaired) electrons. The number of sulfonamides is 1. The Morgan fingerprint density at radius 1 is 0.970 bits per heavy atom. The quantitative estimate of drug-likeness (QED) is 0.435. The molecule has 3 aromatic rings. The molecule has 174 valence electrons. The molecular weight excluding hydrogens is 508 g/mol. The minimum Gasteiger partial charge on any atom is -0.497 e. The van der Waals surface area contributed by atoms with Crippen molar-refractivity contribution in [1.29, 1.82) is 0 Å². The number of aryl methyl sites for hydroxylation is 1. The van der Waals surface area contributed by atoms with Gasteiger partial charge in [0, 0.05) is 17.1 Å². The van der Waals surface area contributed by atoms with Gasteiger partial charge in [-0.05, 0) is 48.9 Å². The van der Waals surface area contributed by atoms with E-state index in [0.29, 0.717) is 17.2 Å². The summed E-state index contributed by atoms with van der Waals surface area (Å²) in [5.41, 5.74) is 2.25. The average molecular weight is 533 g/mol. The van der Waals surface area contributed by atoms with E-state index in [-0.39, 0.29) is 18.0 Å². The Labute approximate surface area is 202 Å². The van der Waals surface area contributed by atoms with E-state index in [9.17, 15) is 13.2 Å². The molecule has 0 aromatic heterocycles. The molecule has 0 fully saturated rings. The van der Waals surface area contributed by atoms with Gasteiger partial charge in [-0.15, -0.1) is 0 Å². The van der Waals surface area contributed by atoms with E-state index in [1.807, 2.05) is 31.2 Å². The summed E-state index contributed by atoms with van der Waals surface area (Å²) in [7, 11) is -0.930. The van der Waals surface area contributed by atoms with Crippen LogP contribution in [0.15, 0.2) is 76.1 Å². The van der Waals surface area contributed by atoms with Crippen LogP contribution >= 0.6 is 15.9 Å². The largest absolute Gasteiger partial charge is 0.497 e. The van der Waals surface area contributed by atoms with Crippen LogP contribution < -0.4 is 14.8 Å². The molecule has 9 heteroatoms. The lowest BCUT2D eigenvalue weighted by Crippen LogP contribution is -2.37. The Morgan fingerprint density at radius 2 is 1.64 bits per heavy atom. The number of methoxy groups -OCH3 is 2. The molecule has 3 aromatic carbocycles. The van der Waals surface area contributed by atoms with Crippen molar-refractivity contribution in [1.82, 2.24) is 4.31 Å². The van der Waals surface area contributed by atoms with Gasteiger partial charge in [0.1, 0.15) is 11.5 Å². The molecule has 33 heavy (non-hydrogen) atoms. The van der Waals surface area contributed by atoms with Gasteiger partial charge in [-0.3, -0.25) is 4.79 Å². The number of hydrogen-bond donors (Lipinski definition) is 1. The number of carbonyl (C=O) groups is 1. The summed E-state index contributed by atoms with van der Waals surface area (Å²) < 4.78 is 39.2. The van der Waals surface area contributed by atoms with Crippen molar-refractivity contribution in [3.05, 3.63) is 82.3 Å². The maximum absolute atomic E-state index is 13.4. The molecule has 0 unspecified atom stereocenters. The van der Waals surface area contributed by atoms with E-state index in [1.54, 1.807) is 30.3 Å². The molecule has 0 bridgehead atoms. The number of halogens is 1. The standard InChI is InChI=1S/C24H25BrN2O5S/c1-17-4-6-18(7-5-17)15-27(33(29,30)21-11-8-19(25)9-12-21)16-24(28)26-22-13-10-20(31-2)14-23(22)32-3/h4-14H,15-16H2,1-3H3,(H,26,28). The van der Waals surface area contributed by atoms with E-state index in [2.05, 4.69) is 21.2 Å². The summed E-state index contributed by atoms with van der Waals surface area (Å²) >= 11 is 3.32. The van der Waals surface area contributed by atoms with Crippen molar-refractivity contribution in [3.8, 4) is 11.5 Å². The van der Waals surface area contributed by atoms with Crippen LogP contribution in [0.1, 0.15) is 11.1 Å². The Kier molecular flexibility index (Phi) is 8.12. The highest BCUT2D eigenvalue weighted by Gasteiger charge is 2.27. The lowest BCUT2D eigenvalue weighted by Gasteiger charge is -2.22. The number of nitrogens with one attached hydrogen (secondary N) is 1. The van der Waals surface area contributed by atoms with Gasteiger partial charge in [-0.2, -0.15) is 4.31 Å². The molecule has 3 rings (SSSR count). The Balaban J connectivity index is 1.88. The normalized spacial score (nSPS) is 11.3. The second-order valence-corrected chi connectivity index (χ2v) is 10.2. The number of hydrogen-bond acceptors (Lipinski definition) is 5. The molecule has 0 aliphatic carbocycles. The van der Waals surface area contributed by atoms with Crippen LogP contribution in [0, 0.1) is 6.92 Å². The highest BCUT2D eigenvalue weighted by molar-refractivity contribution is 9.10. The first-order chi connectivity index (χ1) is 15.7. The molecule has 0 atom stereocenters. The molecular formula is C24H25BrN2O5S. The van der Waals surface area contributed by atoms with Crippen LogP contribution in [0.2, 0.25) is 0 Å². The van der Waals surface area contributed by atoms with Gasteiger partial charge in [0.25, 0.3) is 0 Å². The summed E-state index contributed by atoms with van der Waals surface area (Å²) in [5, 5.41) is 2.74. The van der Waals surface area contributed by atoms with Crippen molar-refractivity contribution >= 4 is 37.5 Å². The summed E-state index contributed by atoms with van der Waals surface area (Å²) in [5.74, 6) is 0.485. The number of ether oxygens (including phenoxy) is 2. The van der Waals surface area contributed by atoms with Crippen LogP contribution in [0.5, 0.6) is 11.5 Å². The summed E-state index contributed by atoms with van der Waals surface area (Å²) in [6.45, 7) is 1.63. The van der Waals surface area contributed by atoms with Crippen molar-refractivity contribution in [2.24, 2.45) is 0 Å². The lowest BCUT2D eigenvalue weighted by molar-refractivity contribution is -0.116.